The zero-order valence-corrected chi connectivity index (χ0v) is 13.4. The van der Waals surface area contributed by atoms with Crippen molar-refractivity contribution >= 4 is 24.0 Å². The van der Waals surface area contributed by atoms with E-state index in [9.17, 15) is 9.18 Å². The molecule has 124 valence electrons. The topological polar surface area (TPSA) is 59.6 Å². The molecule has 5 nitrogen and oxygen atoms in total. The first kappa shape index (κ1) is 18.7. The number of carbonyl (C=O) groups excluding carboxylic acids is 1. The van der Waals surface area contributed by atoms with Crippen molar-refractivity contribution in [1.29, 1.82) is 0 Å². The van der Waals surface area contributed by atoms with Crippen LogP contribution in [0.3, 0.4) is 0 Å². The molecular formula is C15H22ClFN2O3. The molecule has 1 saturated carbocycles. The Labute approximate surface area is 136 Å². The van der Waals surface area contributed by atoms with E-state index >= 15 is 0 Å². The van der Waals surface area contributed by atoms with Crippen LogP contribution in [-0.4, -0.2) is 39.3 Å². The molecule has 1 aliphatic carbocycles. The molecule has 0 aliphatic heterocycles. The van der Waals surface area contributed by atoms with Crippen LogP contribution in [0.25, 0.3) is 0 Å². The van der Waals surface area contributed by atoms with Crippen molar-refractivity contribution in [1.82, 2.24) is 5.32 Å². The van der Waals surface area contributed by atoms with Gasteiger partial charge in [-0.25, -0.2) is 4.39 Å². The normalized spacial score (nSPS) is 13.4. The van der Waals surface area contributed by atoms with Gasteiger partial charge in [0.15, 0.2) is 0 Å². The number of benzene rings is 1. The van der Waals surface area contributed by atoms with Gasteiger partial charge in [0.05, 0.1) is 18.8 Å². The summed E-state index contributed by atoms with van der Waals surface area (Å²) in [5.41, 5.74) is 0.337. The Balaban J connectivity index is 0.00000242. The molecule has 1 fully saturated rings. The van der Waals surface area contributed by atoms with Crippen LogP contribution in [-0.2, 0) is 9.53 Å². The van der Waals surface area contributed by atoms with Crippen LogP contribution in [0.2, 0.25) is 0 Å². The number of nitrogens with one attached hydrogen (secondary N) is 2. The van der Waals surface area contributed by atoms with E-state index in [2.05, 4.69) is 10.6 Å². The fraction of sp³-hybridized carbons (Fsp3) is 0.533. The highest BCUT2D eigenvalue weighted by atomic mass is 35.5. The molecule has 0 saturated heterocycles. The molecule has 0 unspecified atom stereocenters. The van der Waals surface area contributed by atoms with Crippen LogP contribution < -0.4 is 15.4 Å². The van der Waals surface area contributed by atoms with E-state index in [1.54, 1.807) is 7.11 Å². The molecule has 0 radical (unpaired) electrons. The van der Waals surface area contributed by atoms with Gasteiger partial charge in [-0.1, -0.05) is 0 Å². The highest BCUT2D eigenvalue weighted by Gasteiger charge is 2.20. The largest absolute Gasteiger partial charge is 0.489 e. The molecule has 1 aliphatic rings. The third kappa shape index (κ3) is 6.60. The molecule has 2 N–H and O–H groups in total. The molecule has 0 spiro atoms. The van der Waals surface area contributed by atoms with Gasteiger partial charge in [0, 0.05) is 13.2 Å². The summed E-state index contributed by atoms with van der Waals surface area (Å²) in [6, 6.07) is 4.04. The van der Waals surface area contributed by atoms with Crippen LogP contribution in [0.15, 0.2) is 18.2 Å². The highest BCUT2D eigenvalue weighted by molar-refractivity contribution is 5.93. The van der Waals surface area contributed by atoms with Crippen LogP contribution >= 0.6 is 12.4 Å². The average Bonchev–Trinajstić information content (AvgIpc) is 3.25. The van der Waals surface area contributed by atoms with Crippen molar-refractivity contribution in [2.24, 2.45) is 5.92 Å². The Bertz CT molecular complexity index is 484. The van der Waals surface area contributed by atoms with Crippen molar-refractivity contribution in [2.45, 2.75) is 12.8 Å². The SMILES string of the molecule is COCCOc1ccc(F)cc1NC(=O)CNCC1CC1.Cl. The second kappa shape index (κ2) is 9.61. The van der Waals surface area contributed by atoms with Crippen molar-refractivity contribution in [3.8, 4) is 5.75 Å². The summed E-state index contributed by atoms with van der Waals surface area (Å²) in [6.45, 7) is 1.83. The van der Waals surface area contributed by atoms with Crippen molar-refractivity contribution in [3.05, 3.63) is 24.0 Å². The quantitative estimate of drug-likeness (QED) is 0.681. The van der Waals surface area contributed by atoms with E-state index in [4.69, 9.17) is 9.47 Å². The smallest absolute Gasteiger partial charge is 0.238 e. The van der Waals surface area contributed by atoms with Crippen LogP contribution in [0.4, 0.5) is 10.1 Å². The van der Waals surface area contributed by atoms with Gasteiger partial charge in [0.1, 0.15) is 18.2 Å². The van der Waals surface area contributed by atoms with Gasteiger partial charge in [-0.3, -0.25) is 4.79 Å². The van der Waals surface area contributed by atoms with Crippen LogP contribution in [0, 0.1) is 11.7 Å². The molecule has 1 aromatic rings. The number of rotatable bonds is 9. The van der Waals surface area contributed by atoms with Gasteiger partial charge in [-0.2, -0.15) is 0 Å². The predicted molar refractivity (Wildman–Crippen MR) is 85.2 cm³/mol. The number of amides is 1. The number of carbonyl (C=O) groups is 1. The Kier molecular flexibility index (Phi) is 8.16. The van der Waals surface area contributed by atoms with Crippen LogP contribution in [0.1, 0.15) is 12.8 Å². The number of anilines is 1. The molecule has 0 aromatic heterocycles. The van der Waals surface area contributed by atoms with Crippen LogP contribution in [0.5, 0.6) is 5.75 Å². The van der Waals surface area contributed by atoms with Crippen molar-refractivity contribution in [3.63, 3.8) is 0 Å². The summed E-state index contributed by atoms with van der Waals surface area (Å²) < 4.78 is 23.7. The lowest BCUT2D eigenvalue weighted by atomic mass is 10.2. The number of methoxy groups -OCH3 is 1. The fourth-order valence-electron chi connectivity index (χ4n) is 1.87. The maximum absolute atomic E-state index is 13.3. The molecule has 1 aromatic carbocycles. The first-order valence-corrected chi connectivity index (χ1v) is 7.11. The minimum atomic E-state index is -0.421. The second-order valence-corrected chi connectivity index (χ2v) is 5.10. The second-order valence-electron chi connectivity index (χ2n) is 5.10. The minimum Gasteiger partial charge on any atom is -0.489 e. The molecule has 0 atom stereocenters. The first-order valence-electron chi connectivity index (χ1n) is 7.11. The van der Waals surface area contributed by atoms with E-state index in [0.717, 1.165) is 6.54 Å². The zero-order chi connectivity index (χ0) is 15.1. The Morgan fingerprint density at radius 1 is 1.36 bits per heavy atom. The summed E-state index contributed by atoms with van der Waals surface area (Å²) in [6.07, 6.45) is 2.46. The lowest BCUT2D eigenvalue weighted by Gasteiger charge is -2.13. The maximum Gasteiger partial charge on any atom is 0.238 e. The summed E-state index contributed by atoms with van der Waals surface area (Å²) >= 11 is 0. The Morgan fingerprint density at radius 2 is 2.14 bits per heavy atom. The monoisotopic (exact) mass is 332 g/mol. The van der Waals surface area contributed by atoms with E-state index < -0.39 is 5.82 Å². The molecule has 1 amide bonds. The molecule has 22 heavy (non-hydrogen) atoms. The summed E-state index contributed by atoms with van der Waals surface area (Å²) in [5.74, 6) is 0.511. The van der Waals surface area contributed by atoms with E-state index in [0.29, 0.717) is 30.6 Å². The third-order valence-electron chi connectivity index (χ3n) is 3.18. The van der Waals surface area contributed by atoms with Crippen molar-refractivity contribution in [2.75, 3.05) is 38.7 Å². The molecular weight excluding hydrogens is 311 g/mol. The highest BCUT2D eigenvalue weighted by Crippen LogP contribution is 2.27. The zero-order valence-electron chi connectivity index (χ0n) is 12.6. The van der Waals surface area contributed by atoms with Crippen molar-refractivity contribution < 1.29 is 18.7 Å². The molecule has 2 rings (SSSR count). The standard InChI is InChI=1S/C15H21FN2O3.ClH/c1-20-6-7-21-14-5-4-12(16)8-13(14)18-15(19)10-17-9-11-2-3-11;/h4-5,8,11,17H,2-3,6-7,9-10H2,1H3,(H,18,19);1H. The van der Waals surface area contributed by atoms with Gasteiger partial charge < -0.3 is 20.1 Å². The summed E-state index contributed by atoms with van der Waals surface area (Å²) in [7, 11) is 1.57. The number of hydrogen-bond donors (Lipinski definition) is 2. The number of ether oxygens (including phenoxy) is 2. The fourth-order valence-corrected chi connectivity index (χ4v) is 1.87. The number of halogens is 2. The lowest BCUT2D eigenvalue weighted by Crippen LogP contribution is -2.29. The Hall–Kier alpha value is -1.37. The van der Waals surface area contributed by atoms with E-state index in [1.165, 1.54) is 31.0 Å². The third-order valence-corrected chi connectivity index (χ3v) is 3.18. The van der Waals surface area contributed by atoms with Gasteiger partial charge in [0.25, 0.3) is 0 Å². The molecule has 0 bridgehead atoms. The maximum atomic E-state index is 13.3. The molecule has 7 heteroatoms. The Morgan fingerprint density at radius 3 is 2.82 bits per heavy atom. The van der Waals surface area contributed by atoms with Gasteiger partial charge in [0.2, 0.25) is 5.91 Å². The molecule has 0 heterocycles. The summed E-state index contributed by atoms with van der Waals surface area (Å²) in [5, 5.41) is 5.75. The minimum absolute atomic E-state index is 0. The van der Waals surface area contributed by atoms with E-state index in [1.807, 2.05) is 0 Å². The van der Waals surface area contributed by atoms with Gasteiger partial charge in [-0.15, -0.1) is 12.4 Å². The van der Waals surface area contributed by atoms with Gasteiger partial charge in [-0.05, 0) is 37.4 Å². The predicted octanol–water partition coefficient (Wildman–Crippen LogP) is 2.21. The average molecular weight is 333 g/mol. The summed E-state index contributed by atoms with van der Waals surface area (Å²) in [4.78, 5) is 11.8. The number of hydrogen-bond acceptors (Lipinski definition) is 4. The van der Waals surface area contributed by atoms with Gasteiger partial charge >= 0.3 is 0 Å². The first-order chi connectivity index (χ1) is 10.2. The lowest BCUT2D eigenvalue weighted by molar-refractivity contribution is -0.115. The van der Waals surface area contributed by atoms with E-state index in [-0.39, 0.29) is 24.9 Å².